The van der Waals surface area contributed by atoms with E-state index in [0.29, 0.717) is 22.7 Å². The Morgan fingerprint density at radius 3 is 2.48 bits per heavy atom. The van der Waals surface area contributed by atoms with E-state index in [2.05, 4.69) is 5.10 Å². The lowest BCUT2D eigenvalue weighted by Gasteiger charge is -2.09. The molecule has 0 unspecified atom stereocenters. The summed E-state index contributed by atoms with van der Waals surface area (Å²) >= 11 is 0. The van der Waals surface area contributed by atoms with E-state index in [4.69, 9.17) is 4.74 Å². The molecule has 2 aromatic rings. The van der Waals surface area contributed by atoms with Gasteiger partial charge in [0.25, 0.3) is 0 Å². The van der Waals surface area contributed by atoms with Crippen molar-refractivity contribution in [1.29, 1.82) is 0 Å². The smallest absolute Gasteiger partial charge is 0.408 e. The van der Waals surface area contributed by atoms with Crippen LogP contribution in [0.4, 0.5) is 13.2 Å². The van der Waals surface area contributed by atoms with Crippen LogP contribution < -0.4 is 4.74 Å². The van der Waals surface area contributed by atoms with E-state index in [0.717, 1.165) is 10.2 Å². The van der Waals surface area contributed by atoms with Crippen LogP contribution in [0.1, 0.15) is 22.5 Å². The second kappa shape index (κ2) is 6.44. The van der Waals surface area contributed by atoms with Crippen LogP contribution in [0.2, 0.25) is 0 Å². The fraction of sp³-hybridized carbons (Fsp3) is 0.375. The molecule has 23 heavy (non-hydrogen) atoms. The molecule has 0 atom stereocenters. The highest BCUT2D eigenvalue weighted by atomic mass is 19.4. The molecule has 2 rings (SSSR count). The van der Waals surface area contributed by atoms with Gasteiger partial charge in [0.05, 0.1) is 12.1 Å². The number of carbonyl (C=O) groups is 1. The van der Waals surface area contributed by atoms with Crippen molar-refractivity contribution < 1.29 is 22.7 Å². The largest absolute Gasteiger partial charge is 0.426 e. The van der Waals surface area contributed by atoms with Gasteiger partial charge >= 0.3 is 12.1 Å². The van der Waals surface area contributed by atoms with Crippen LogP contribution in [0.5, 0.6) is 5.75 Å². The first-order valence-electron chi connectivity index (χ1n) is 7.03. The summed E-state index contributed by atoms with van der Waals surface area (Å²) in [7, 11) is 0. The van der Waals surface area contributed by atoms with E-state index in [-0.39, 0.29) is 6.42 Å². The summed E-state index contributed by atoms with van der Waals surface area (Å²) in [5.41, 5.74) is 1.99. The van der Waals surface area contributed by atoms with Crippen molar-refractivity contribution in [3.8, 4) is 5.75 Å². The first kappa shape index (κ1) is 17.1. The van der Waals surface area contributed by atoms with Crippen LogP contribution in [0.15, 0.2) is 24.3 Å². The Kier molecular flexibility index (Phi) is 4.77. The fourth-order valence-electron chi connectivity index (χ4n) is 2.29. The van der Waals surface area contributed by atoms with Crippen molar-refractivity contribution >= 4 is 5.97 Å². The van der Waals surface area contributed by atoms with Gasteiger partial charge in [0.15, 0.2) is 0 Å². The van der Waals surface area contributed by atoms with E-state index in [1.807, 2.05) is 6.07 Å². The summed E-state index contributed by atoms with van der Waals surface area (Å²) in [6.07, 6.45) is -4.48. The third-order valence-electron chi connectivity index (χ3n) is 3.50. The zero-order valence-corrected chi connectivity index (χ0v) is 13.1. The normalized spacial score (nSPS) is 11.6. The van der Waals surface area contributed by atoms with Crippen molar-refractivity contribution in [2.45, 2.75) is 39.9 Å². The summed E-state index contributed by atoms with van der Waals surface area (Å²) in [4.78, 5) is 12.1. The van der Waals surface area contributed by atoms with Gasteiger partial charge in [-0.1, -0.05) is 18.2 Å². The number of aromatic nitrogens is 2. The highest BCUT2D eigenvalue weighted by Gasteiger charge is 2.30. The first-order valence-corrected chi connectivity index (χ1v) is 7.03. The van der Waals surface area contributed by atoms with Crippen LogP contribution in [-0.4, -0.2) is 21.9 Å². The number of para-hydroxylation sites is 1. The number of rotatable bonds is 4. The Morgan fingerprint density at radius 2 is 1.87 bits per heavy atom. The number of benzene rings is 1. The van der Waals surface area contributed by atoms with Gasteiger partial charge in [-0.3, -0.25) is 9.48 Å². The molecule has 0 saturated carbocycles. The number of alkyl halides is 3. The van der Waals surface area contributed by atoms with Crippen molar-refractivity contribution in [1.82, 2.24) is 9.78 Å². The van der Waals surface area contributed by atoms with Crippen LogP contribution in [0.25, 0.3) is 0 Å². The number of hydrogen-bond donors (Lipinski definition) is 0. The second-order valence-corrected chi connectivity index (χ2v) is 5.34. The molecule has 0 aliphatic rings. The Hall–Kier alpha value is -2.31. The molecular formula is C16H17F3N2O2. The molecule has 1 aromatic heterocycles. The maximum absolute atomic E-state index is 12.5. The Bertz CT molecular complexity index is 721. The van der Waals surface area contributed by atoms with Crippen molar-refractivity contribution in [2.75, 3.05) is 0 Å². The number of nitrogens with zero attached hydrogens (tertiary/aromatic N) is 2. The highest BCUT2D eigenvalue weighted by molar-refractivity contribution is 5.76. The number of hydrogen-bond acceptors (Lipinski definition) is 3. The molecule has 7 heteroatoms. The van der Waals surface area contributed by atoms with Gasteiger partial charge in [0, 0.05) is 11.3 Å². The van der Waals surface area contributed by atoms with E-state index < -0.39 is 18.7 Å². The lowest BCUT2D eigenvalue weighted by atomic mass is 10.1. The maximum atomic E-state index is 12.5. The monoisotopic (exact) mass is 326 g/mol. The van der Waals surface area contributed by atoms with Gasteiger partial charge in [0.1, 0.15) is 12.3 Å². The van der Waals surface area contributed by atoms with Gasteiger partial charge in [-0.05, 0) is 32.4 Å². The number of esters is 1. The van der Waals surface area contributed by atoms with Crippen molar-refractivity contribution in [2.24, 2.45) is 0 Å². The minimum absolute atomic E-state index is 0.121. The average molecular weight is 326 g/mol. The quantitative estimate of drug-likeness (QED) is 0.638. The van der Waals surface area contributed by atoms with E-state index >= 15 is 0 Å². The average Bonchev–Trinajstić information content (AvgIpc) is 2.67. The summed E-state index contributed by atoms with van der Waals surface area (Å²) in [5.74, 6) is -0.0902. The van der Waals surface area contributed by atoms with Gasteiger partial charge < -0.3 is 4.74 Å². The maximum Gasteiger partial charge on any atom is 0.408 e. The zero-order valence-electron chi connectivity index (χ0n) is 13.1. The highest BCUT2D eigenvalue weighted by Crippen LogP contribution is 2.22. The van der Waals surface area contributed by atoms with Gasteiger partial charge in [0.2, 0.25) is 0 Å². The molecule has 1 aromatic carbocycles. The van der Waals surface area contributed by atoms with Crippen LogP contribution in [0, 0.1) is 20.8 Å². The summed E-state index contributed by atoms with van der Waals surface area (Å²) in [6.45, 7) is 3.73. The van der Waals surface area contributed by atoms with Crippen LogP contribution >= 0.6 is 0 Å². The summed E-state index contributed by atoms with van der Waals surface area (Å²) in [6, 6.07) is 7.04. The zero-order chi connectivity index (χ0) is 17.2. The van der Waals surface area contributed by atoms with Gasteiger partial charge in [-0.25, -0.2) is 0 Å². The third-order valence-corrected chi connectivity index (χ3v) is 3.50. The molecule has 0 fully saturated rings. The van der Waals surface area contributed by atoms with E-state index in [1.165, 1.54) is 6.92 Å². The predicted octanol–water partition coefficient (Wildman–Crippen LogP) is 3.52. The predicted molar refractivity (Wildman–Crippen MR) is 78.3 cm³/mol. The Morgan fingerprint density at radius 1 is 1.22 bits per heavy atom. The molecule has 124 valence electrons. The fourth-order valence-corrected chi connectivity index (χ4v) is 2.29. The van der Waals surface area contributed by atoms with Crippen LogP contribution in [0.3, 0.4) is 0 Å². The van der Waals surface area contributed by atoms with E-state index in [1.54, 1.807) is 32.0 Å². The van der Waals surface area contributed by atoms with Gasteiger partial charge in [-0.2, -0.15) is 18.3 Å². The van der Waals surface area contributed by atoms with E-state index in [9.17, 15) is 18.0 Å². The number of halogens is 3. The van der Waals surface area contributed by atoms with Gasteiger partial charge in [-0.15, -0.1) is 0 Å². The molecule has 0 spiro atoms. The molecule has 0 N–H and O–H groups in total. The molecule has 1 heterocycles. The molecule has 0 bridgehead atoms. The molecule has 4 nitrogen and oxygen atoms in total. The molecule has 0 aliphatic carbocycles. The number of carbonyl (C=O) groups excluding carboxylic acids is 1. The standard InChI is InChI=1S/C16H17F3N2O2/c1-10-6-4-5-7-14(10)23-15(22)8-13-11(2)20-21(12(13)3)9-16(17,18)19/h4-7H,8-9H2,1-3H3. The Labute approximate surface area is 131 Å². The minimum atomic E-state index is -4.36. The summed E-state index contributed by atoms with van der Waals surface area (Å²) in [5, 5.41) is 3.86. The lowest BCUT2D eigenvalue weighted by molar-refractivity contribution is -0.143. The number of aryl methyl sites for hydroxylation is 2. The molecule has 0 saturated heterocycles. The minimum Gasteiger partial charge on any atom is -0.426 e. The van der Waals surface area contributed by atoms with Crippen LogP contribution in [-0.2, 0) is 17.8 Å². The molecule has 0 radical (unpaired) electrons. The first-order chi connectivity index (χ1) is 10.7. The Balaban J connectivity index is 2.14. The second-order valence-electron chi connectivity index (χ2n) is 5.34. The van der Waals surface area contributed by atoms with Crippen molar-refractivity contribution in [3.63, 3.8) is 0 Å². The summed E-state index contributed by atoms with van der Waals surface area (Å²) < 4.78 is 43.7. The third kappa shape index (κ3) is 4.34. The molecular weight excluding hydrogens is 309 g/mol. The molecule has 0 aliphatic heterocycles. The SMILES string of the molecule is Cc1ccccc1OC(=O)Cc1c(C)nn(CC(F)(F)F)c1C. The topological polar surface area (TPSA) is 44.1 Å². The lowest BCUT2D eigenvalue weighted by Crippen LogP contribution is -2.20. The molecule has 0 amide bonds. The number of ether oxygens (including phenoxy) is 1. The van der Waals surface area contributed by atoms with Crippen molar-refractivity contribution in [3.05, 3.63) is 46.8 Å².